The lowest BCUT2D eigenvalue weighted by Gasteiger charge is -2.36. The van der Waals surface area contributed by atoms with E-state index in [0.29, 0.717) is 17.4 Å². The lowest BCUT2D eigenvalue weighted by molar-refractivity contribution is -0.126. The van der Waals surface area contributed by atoms with E-state index in [0.717, 1.165) is 38.3 Å². The highest BCUT2D eigenvalue weighted by Gasteiger charge is 2.32. The molecule has 1 saturated carbocycles. The summed E-state index contributed by atoms with van der Waals surface area (Å²) in [5.74, 6) is 1.36. The summed E-state index contributed by atoms with van der Waals surface area (Å²) in [6, 6.07) is 0.631. The molecule has 0 radical (unpaired) electrons. The van der Waals surface area contributed by atoms with Gasteiger partial charge in [0.15, 0.2) is 0 Å². The van der Waals surface area contributed by atoms with Crippen molar-refractivity contribution in [3.8, 4) is 0 Å². The fourth-order valence-electron chi connectivity index (χ4n) is 3.74. The Hall–Kier alpha value is -0.570. The van der Waals surface area contributed by atoms with Crippen molar-refractivity contribution in [3.05, 3.63) is 0 Å². The first kappa shape index (κ1) is 15.8. The zero-order valence-electron chi connectivity index (χ0n) is 13.5. The van der Waals surface area contributed by atoms with E-state index in [-0.39, 0.29) is 5.92 Å². The number of hydrogen-bond acceptors (Lipinski definition) is 2. The van der Waals surface area contributed by atoms with Crippen LogP contribution in [0.15, 0.2) is 0 Å². The van der Waals surface area contributed by atoms with Crippen molar-refractivity contribution in [1.82, 2.24) is 10.6 Å². The Balaban J connectivity index is 1.64. The number of nitrogens with one attached hydrogen (secondary N) is 2. The molecule has 1 aliphatic heterocycles. The van der Waals surface area contributed by atoms with Gasteiger partial charge in [-0.05, 0) is 62.8 Å². The maximum absolute atomic E-state index is 12.2. The molecule has 1 atom stereocenters. The van der Waals surface area contributed by atoms with Crippen LogP contribution in [0.2, 0.25) is 0 Å². The largest absolute Gasteiger partial charge is 0.356 e. The van der Waals surface area contributed by atoms with Crippen LogP contribution in [-0.4, -0.2) is 25.0 Å². The van der Waals surface area contributed by atoms with E-state index in [4.69, 9.17) is 0 Å². The summed E-state index contributed by atoms with van der Waals surface area (Å²) in [6.07, 6.45) is 8.23. The van der Waals surface area contributed by atoms with Gasteiger partial charge in [0.25, 0.3) is 0 Å². The van der Waals surface area contributed by atoms with Crippen molar-refractivity contribution >= 4 is 5.91 Å². The average Bonchev–Trinajstić information content (AvgIpc) is 2.91. The van der Waals surface area contributed by atoms with Crippen LogP contribution in [0, 0.1) is 17.3 Å². The van der Waals surface area contributed by atoms with E-state index in [1.54, 1.807) is 0 Å². The van der Waals surface area contributed by atoms with Crippen LogP contribution in [0.25, 0.3) is 0 Å². The van der Waals surface area contributed by atoms with Gasteiger partial charge >= 0.3 is 0 Å². The van der Waals surface area contributed by atoms with Crippen LogP contribution in [0.5, 0.6) is 0 Å². The van der Waals surface area contributed by atoms with Crippen LogP contribution in [0.1, 0.15) is 65.7 Å². The van der Waals surface area contributed by atoms with Gasteiger partial charge in [-0.3, -0.25) is 4.79 Å². The Morgan fingerprint density at radius 1 is 1.15 bits per heavy atom. The van der Waals surface area contributed by atoms with Crippen LogP contribution < -0.4 is 10.6 Å². The monoisotopic (exact) mass is 280 g/mol. The SMILES string of the molecule is CC(C)(C)C1CCC(C(=O)NCC[C@@H]2CCCN2)CC1. The summed E-state index contributed by atoms with van der Waals surface area (Å²) in [4.78, 5) is 12.2. The second-order valence-corrected chi connectivity index (χ2v) is 7.79. The van der Waals surface area contributed by atoms with Crippen LogP contribution in [0.3, 0.4) is 0 Å². The highest BCUT2D eigenvalue weighted by atomic mass is 16.1. The Kier molecular flexibility index (Phi) is 5.48. The van der Waals surface area contributed by atoms with Crippen LogP contribution in [0.4, 0.5) is 0 Å². The molecule has 0 unspecified atom stereocenters. The number of carbonyl (C=O) groups is 1. The summed E-state index contributed by atoms with van der Waals surface area (Å²) >= 11 is 0. The molecule has 1 saturated heterocycles. The van der Waals surface area contributed by atoms with Gasteiger partial charge in [-0.25, -0.2) is 0 Å². The molecule has 0 aromatic heterocycles. The number of rotatable bonds is 4. The number of amides is 1. The summed E-state index contributed by atoms with van der Waals surface area (Å²) in [7, 11) is 0. The molecule has 0 aromatic rings. The van der Waals surface area contributed by atoms with Gasteiger partial charge in [0, 0.05) is 18.5 Å². The molecule has 1 heterocycles. The molecule has 116 valence electrons. The van der Waals surface area contributed by atoms with Gasteiger partial charge in [0.2, 0.25) is 5.91 Å². The van der Waals surface area contributed by atoms with Gasteiger partial charge in [-0.15, -0.1) is 0 Å². The van der Waals surface area contributed by atoms with Crippen molar-refractivity contribution in [2.75, 3.05) is 13.1 Å². The van der Waals surface area contributed by atoms with Crippen molar-refractivity contribution in [2.24, 2.45) is 17.3 Å². The van der Waals surface area contributed by atoms with Crippen molar-refractivity contribution < 1.29 is 4.79 Å². The number of hydrogen-bond donors (Lipinski definition) is 2. The first-order valence-corrected chi connectivity index (χ1v) is 8.48. The van der Waals surface area contributed by atoms with Gasteiger partial charge in [-0.2, -0.15) is 0 Å². The quantitative estimate of drug-likeness (QED) is 0.831. The zero-order valence-corrected chi connectivity index (χ0v) is 13.5. The molecule has 2 aliphatic rings. The zero-order chi connectivity index (χ0) is 14.6. The number of carbonyl (C=O) groups excluding carboxylic acids is 1. The normalized spacial score (nSPS) is 31.2. The summed E-state index contributed by atoms with van der Waals surface area (Å²) in [6.45, 7) is 8.97. The molecule has 0 spiro atoms. The van der Waals surface area contributed by atoms with E-state index in [1.807, 2.05) is 0 Å². The fraction of sp³-hybridized carbons (Fsp3) is 0.941. The summed E-state index contributed by atoms with van der Waals surface area (Å²) in [5, 5.41) is 6.63. The Morgan fingerprint density at radius 3 is 2.40 bits per heavy atom. The van der Waals surface area contributed by atoms with E-state index < -0.39 is 0 Å². The molecular formula is C17H32N2O. The smallest absolute Gasteiger partial charge is 0.223 e. The third-order valence-electron chi connectivity index (χ3n) is 5.28. The van der Waals surface area contributed by atoms with E-state index >= 15 is 0 Å². The minimum absolute atomic E-state index is 0.269. The molecule has 2 fully saturated rings. The van der Waals surface area contributed by atoms with Crippen molar-refractivity contribution in [1.29, 1.82) is 0 Å². The first-order chi connectivity index (χ1) is 9.47. The molecule has 2 N–H and O–H groups in total. The molecule has 20 heavy (non-hydrogen) atoms. The minimum atomic E-state index is 0.269. The third kappa shape index (κ3) is 4.47. The van der Waals surface area contributed by atoms with E-state index in [2.05, 4.69) is 31.4 Å². The molecule has 3 nitrogen and oxygen atoms in total. The van der Waals surface area contributed by atoms with E-state index in [1.165, 1.54) is 25.7 Å². The Labute approximate surface area is 124 Å². The standard InChI is InChI=1S/C17H32N2O/c1-17(2,3)14-8-6-13(7-9-14)16(20)19-12-10-15-5-4-11-18-15/h13-15,18H,4-12H2,1-3H3,(H,19,20)/t13?,14?,15-/m0/s1. The third-order valence-corrected chi connectivity index (χ3v) is 5.28. The summed E-state index contributed by atoms with van der Waals surface area (Å²) in [5.41, 5.74) is 0.398. The maximum atomic E-state index is 12.2. The van der Waals surface area contributed by atoms with E-state index in [9.17, 15) is 4.79 Å². The lowest BCUT2D eigenvalue weighted by Crippen LogP contribution is -2.37. The molecule has 2 rings (SSSR count). The van der Waals surface area contributed by atoms with Gasteiger partial charge in [0.1, 0.15) is 0 Å². The lowest BCUT2D eigenvalue weighted by atomic mass is 9.69. The fourth-order valence-corrected chi connectivity index (χ4v) is 3.74. The second-order valence-electron chi connectivity index (χ2n) is 7.79. The Morgan fingerprint density at radius 2 is 1.85 bits per heavy atom. The van der Waals surface area contributed by atoms with Gasteiger partial charge in [-0.1, -0.05) is 20.8 Å². The van der Waals surface area contributed by atoms with Crippen LogP contribution >= 0.6 is 0 Å². The minimum Gasteiger partial charge on any atom is -0.356 e. The second kappa shape index (κ2) is 6.93. The predicted octanol–water partition coefficient (Wildman–Crippen LogP) is 3.10. The molecule has 3 heteroatoms. The summed E-state index contributed by atoms with van der Waals surface area (Å²) < 4.78 is 0. The molecule has 1 amide bonds. The molecular weight excluding hydrogens is 248 g/mol. The first-order valence-electron chi connectivity index (χ1n) is 8.48. The topological polar surface area (TPSA) is 41.1 Å². The van der Waals surface area contributed by atoms with Gasteiger partial charge in [0.05, 0.1) is 0 Å². The van der Waals surface area contributed by atoms with Crippen molar-refractivity contribution in [3.63, 3.8) is 0 Å². The predicted molar refractivity (Wildman–Crippen MR) is 83.6 cm³/mol. The Bertz CT molecular complexity index is 307. The highest BCUT2D eigenvalue weighted by molar-refractivity contribution is 5.78. The average molecular weight is 280 g/mol. The molecule has 0 aromatic carbocycles. The van der Waals surface area contributed by atoms with Gasteiger partial charge < -0.3 is 10.6 Å². The van der Waals surface area contributed by atoms with Crippen LogP contribution in [-0.2, 0) is 4.79 Å². The highest BCUT2D eigenvalue weighted by Crippen LogP contribution is 2.39. The maximum Gasteiger partial charge on any atom is 0.223 e. The molecule has 0 bridgehead atoms. The van der Waals surface area contributed by atoms with Crippen molar-refractivity contribution in [2.45, 2.75) is 71.8 Å². The molecule has 1 aliphatic carbocycles.